The molecule has 1 aliphatic heterocycles. The van der Waals surface area contributed by atoms with Gasteiger partial charge in [0.25, 0.3) is 0 Å². The van der Waals surface area contributed by atoms with Gasteiger partial charge in [-0.25, -0.2) is 4.18 Å². The molecule has 0 bridgehead atoms. The second kappa shape index (κ2) is 23.2. The molecule has 0 aliphatic carbocycles. The van der Waals surface area contributed by atoms with Gasteiger partial charge in [-0.05, 0) is 32.1 Å². The number of carbonyl (C=O) groups excluding carboxylic acids is 1. The maximum Gasteiger partial charge on any atom is 1.00 e. The van der Waals surface area contributed by atoms with Gasteiger partial charge in [0.1, 0.15) is 24.4 Å². The molecule has 220 valence electrons. The molecule has 0 aromatic heterocycles. The van der Waals surface area contributed by atoms with Crippen molar-refractivity contribution >= 4 is 16.3 Å². The van der Waals surface area contributed by atoms with Crippen LogP contribution in [0.5, 0.6) is 0 Å². The SMILES string of the molecule is CCCCCCCC/C=C\CCCCCCCCO[C@H]1O[C@H](COS(=O)(=O)O)[C@@H](O)[C@H](O)[C@@H]1NC(C)=O.[H-].[K+]. The van der Waals surface area contributed by atoms with E-state index < -0.39 is 53.6 Å². The van der Waals surface area contributed by atoms with Crippen LogP contribution in [0, 0.1) is 0 Å². The molecule has 38 heavy (non-hydrogen) atoms. The van der Waals surface area contributed by atoms with Gasteiger partial charge in [-0.3, -0.25) is 9.35 Å². The van der Waals surface area contributed by atoms with Crippen LogP contribution < -0.4 is 56.7 Å². The summed E-state index contributed by atoms with van der Waals surface area (Å²) in [4.78, 5) is 11.5. The number of hydrogen-bond donors (Lipinski definition) is 4. The first-order valence-corrected chi connectivity index (χ1v) is 15.2. The fraction of sp³-hybridized carbons (Fsp3) is 0.885. The van der Waals surface area contributed by atoms with Crippen LogP contribution in [0.4, 0.5) is 0 Å². The van der Waals surface area contributed by atoms with Gasteiger partial charge in [0.2, 0.25) is 5.91 Å². The molecule has 4 N–H and O–H groups in total. The van der Waals surface area contributed by atoms with Crippen LogP contribution in [0.3, 0.4) is 0 Å². The van der Waals surface area contributed by atoms with Crippen LogP contribution in [0.15, 0.2) is 12.2 Å². The smallest absolute Gasteiger partial charge is 1.00 e. The van der Waals surface area contributed by atoms with E-state index in [1.165, 1.54) is 64.7 Å². The number of rotatable bonds is 21. The molecule has 0 aromatic carbocycles. The van der Waals surface area contributed by atoms with E-state index in [2.05, 4.69) is 28.6 Å². The minimum Gasteiger partial charge on any atom is -1.00 e. The summed E-state index contributed by atoms with van der Waals surface area (Å²) >= 11 is 0. The Bertz CT molecular complexity index is 745. The molecule has 1 fully saturated rings. The number of nitrogens with one attached hydrogen (secondary N) is 1. The number of carbonyl (C=O) groups is 1. The molecule has 1 amide bonds. The van der Waals surface area contributed by atoms with E-state index in [1.54, 1.807) is 0 Å². The third kappa shape index (κ3) is 18.8. The number of hydrogen-bond acceptors (Lipinski definition) is 8. The number of ether oxygens (including phenoxy) is 2. The molecule has 1 aliphatic rings. The van der Waals surface area contributed by atoms with Gasteiger partial charge in [0, 0.05) is 13.5 Å². The average molecular weight is 592 g/mol. The van der Waals surface area contributed by atoms with E-state index in [1.807, 2.05) is 0 Å². The topological polar surface area (TPSA) is 152 Å². The third-order valence-electron chi connectivity index (χ3n) is 6.39. The van der Waals surface area contributed by atoms with E-state index >= 15 is 0 Å². The maximum absolute atomic E-state index is 11.5. The molecule has 5 atom stereocenters. The third-order valence-corrected chi connectivity index (χ3v) is 6.82. The Balaban J connectivity index is 0. The van der Waals surface area contributed by atoms with Crippen molar-refractivity contribution in [2.24, 2.45) is 0 Å². The Morgan fingerprint density at radius 2 is 1.45 bits per heavy atom. The minimum absolute atomic E-state index is 0. The van der Waals surface area contributed by atoms with Gasteiger partial charge < -0.3 is 26.4 Å². The van der Waals surface area contributed by atoms with Gasteiger partial charge in [-0.1, -0.05) is 76.9 Å². The zero-order valence-electron chi connectivity index (χ0n) is 24.6. The van der Waals surface area contributed by atoms with Crippen molar-refractivity contribution in [3.05, 3.63) is 12.2 Å². The van der Waals surface area contributed by atoms with Gasteiger partial charge in [0.05, 0.1) is 6.61 Å². The molecular formula is C26H50KNO9S. The summed E-state index contributed by atoms with van der Waals surface area (Å²) in [5.41, 5.74) is 0. The van der Waals surface area contributed by atoms with Crippen LogP contribution in [0.2, 0.25) is 0 Å². The van der Waals surface area contributed by atoms with Crippen LogP contribution in [-0.2, 0) is 28.9 Å². The van der Waals surface area contributed by atoms with E-state index in [9.17, 15) is 23.4 Å². The molecule has 0 aromatic rings. The Hall–Kier alpha value is 0.556. The van der Waals surface area contributed by atoms with E-state index in [0.717, 1.165) is 32.1 Å². The van der Waals surface area contributed by atoms with Crippen molar-refractivity contribution in [1.82, 2.24) is 5.32 Å². The van der Waals surface area contributed by atoms with Crippen molar-refractivity contribution in [2.75, 3.05) is 13.2 Å². The summed E-state index contributed by atoms with van der Waals surface area (Å²) in [7, 11) is -4.75. The second-order valence-electron chi connectivity index (χ2n) is 9.77. The predicted octanol–water partition coefficient (Wildman–Crippen LogP) is 0.928. The van der Waals surface area contributed by atoms with Gasteiger partial charge in [-0.15, -0.1) is 0 Å². The maximum atomic E-state index is 11.5. The molecule has 0 unspecified atom stereocenters. The van der Waals surface area contributed by atoms with Gasteiger partial charge in [-0.2, -0.15) is 8.42 Å². The fourth-order valence-corrected chi connectivity index (χ4v) is 4.61. The van der Waals surface area contributed by atoms with Crippen LogP contribution in [0.1, 0.15) is 105 Å². The summed E-state index contributed by atoms with van der Waals surface area (Å²) in [6.07, 6.45) is 15.8. The zero-order chi connectivity index (χ0) is 27.5. The quantitative estimate of drug-likeness (QED) is 0.0661. The molecule has 10 nitrogen and oxygen atoms in total. The number of allylic oxidation sites excluding steroid dienone is 2. The molecular weight excluding hydrogens is 541 g/mol. The van der Waals surface area contributed by atoms with Crippen molar-refractivity contribution in [1.29, 1.82) is 0 Å². The van der Waals surface area contributed by atoms with Crippen molar-refractivity contribution in [3.63, 3.8) is 0 Å². The Kier molecular flexibility index (Phi) is 23.5. The minimum atomic E-state index is -4.75. The number of unbranched alkanes of at least 4 members (excludes halogenated alkanes) is 12. The molecule has 1 saturated heterocycles. The first-order chi connectivity index (χ1) is 17.7. The first-order valence-electron chi connectivity index (χ1n) is 13.8. The van der Waals surface area contributed by atoms with Crippen LogP contribution in [-0.4, -0.2) is 72.9 Å². The first kappa shape index (κ1) is 38.6. The molecule has 0 spiro atoms. The monoisotopic (exact) mass is 591 g/mol. The second-order valence-corrected chi connectivity index (χ2v) is 10.9. The molecule has 1 heterocycles. The largest absolute Gasteiger partial charge is 1.00 e. The number of aliphatic hydroxyl groups is 2. The molecule has 1 rings (SSSR count). The van der Waals surface area contributed by atoms with Crippen LogP contribution in [0.25, 0.3) is 0 Å². The van der Waals surface area contributed by atoms with E-state index in [-0.39, 0.29) is 52.8 Å². The Labute approximate surface area is 273 Å². The fourth-order valence-electron chi connectivity index (χ4n) is 4.30. The summed E-state index contributed by atoms with van der Waals surface area (Å²) < 4.78 is 46.0. The van der Waals surface area contributed by atoms with Crippen molar-refractivity contribution in [2.45, 2.75) is 134 Å². The summed E-state index contributed by atoms with van der Waals surface area (Å²) in [6, 6.07) is -1.04. The summed E-state index contributed by atoms with van der Waals surface area (Å²) in [5.74, 6) is -0.446. The normalized spacial score (nSPS) is 23.9. The average Bonchev–Trinajstić information content (AvgIpc) is 2.83. The van der Waals surface area contributed by atoms with E-state index in [0.29, 0.717) is 6.61 Å². The Morgan fingerprint density at radius 1 is 0.921 bits per heavy atom. The zero-order valence-corrected chi connectivity index (χ0v) is 27.5. The van der Waals surface area contributed by atoms with E-state index in [4.69, 9.17) is 14.0 Å². The van der Waals surface area contributed by atoms with Gasteiger partial charge in [0.15, 0.2) is 6.29 Å². The number of amides is 1. The number of aliphatic hydroxyl groups excluding tert-OH is 2. The predicted molar refractivity (Wildman–Crippen MR) is 142 cm³/mol. The van der Waals surface area contributed by atoms with Gasteiger partial charge >= 0.3 is 61.8 Å². The standard InChI is InChI=1S/C26H49NO9S.K.H/c1-3-4-5-6-7-8-9-10-11-12-13-14-15-16-17-18-19-34-26-23(27-21(2)28)25(30)24(29)22(36-26)20-35-37(31,32)33;;/h10-11,22-26,29-30H,3-9,12-20H2,1-2H3,(H,27,28)(H,31,32,33);;/q;+1;-1/b11-10-;;/t22-,23+,24-,25-,26+;;/m1../s1. The molecule has 0 saturated carbocycles. The van der Waals surface area contributed by atoms with Crippen molar-refractivity contribution < 1.29 is 94.4 Å². The van der Waals surface area contributed by atoms with Crippen LogP contribution >= 0.6 is 0 Å². The Morgan fingerprint density at radius 3 is 1.97 bits per heavy atom. The summed E-state index contributed by atoms with van der Waals surface area (Å²) in [5, 5.41) is 23.1. The molecule has 0 radical (unpaired) electrons. The molecule has 12 heteroatoms. The summed E-state index contributed by atoms with van der Waals surface area (Å²) in [6.45, 7) is 3.09. The van der Waals surface area contributed by atoms with Crippen molar-refractivity contribution in [3.8, 4) is 0 Å².